The third-order valence-electron chi connectivity index (χ3n) is 2.34. The summed E-state index contributed by atoms with van der Waals surface area (Å²) in [7, 11) is 0. The van der Waals surface area contributed by atoms with Crippen molar-refractivity contribution in [1.82, 2.24) is 0 Å². The summed E-state index contributed by atoms with van der Waals surface area (Å²) in [4.78, 5) is 0. The summed E-state index contributed by atoms with van der Waals surface area (Å²) in [6.45, 7) is -0.0676. The molecule has 0 aliphatic heterocycles. The number of rotatable bonds is 4. The Labute approximate surface area is 91.9 Å². The van der Waals surface area contributed by atoms with Gasteiger partial charge in [0.2, 0.25) is 0 Å². The maximum Gasteiger partial charge on any atom is 0.416 e. The number of aliphatic hydroxyl groups excluding tert-OH is 1. The Kier molecular flexibility index (Phi) is 4.32. The smallest absolute Gasteiger partial charge is 0.396 e. The molecule has 1 aromatic rings. The summed E-state index contributed by atoms with van der Waals surface area (Å²) < 4.78 is 37.9. The minimum absolute atomic E-state index is 0.0676. The highest BCUT2D eigenvalue weighted by molar-refractivity contribution is 5.32. The number of aliphatic hydroxyl groups is 1. The molecule has 16 heavy (non-hydrogen) atoms. The van der Waals surface area contributed by atoms with Crippen LogP contribution in [0.1, 0.15) is 30.0 Å². The molecule has 0 aliphatic rings. The first-order chi connectivity index (χ1) is 7.46. The molecule has 5 heteroatoms. The molecule has 0 bridgehead atoms. The molecule has 90 valence electrons. The van der Waals surface area contributed by atoms with Gasteiger partial charge < -0.3 is 10.8 Å². The summed E-state index contributed by atoms with van der Waals surface area (Å²) in [5.41, 5.74) is 5.06. The van der Waals surface area contributed by atoms with Crippen molar-refractivity contribution in [3.8, 4) is 0 Å². The second kappa shape index (κ2) is 5.32. The summed E-state index contributed by atoms with van der Waals surface area (Å²) >= 11 is 0. The van der Waals surface area contributed by atoms with E-state index in [0.717, 1.165) is 6.07 Å². The first-order valence-electron chi connectivity index (χ1n) is 4.99. The fraction of sp³-hybridized carbons (Fsp3) is 0.455. The van der Waals surface area contributed by atoms with Crippen LogP contribution >= 0.6 is 0 Å². The molecule has 0 saturated carbocycles. The van der Waals surface area contributed by atoms with Crippen LogP contribution in [0.25, 0.3) is 0 Å². The standard InChI is InChI=1S/C11H14F3NO/c12-11(13,14)9-5-2-1-4-8(9)10(15)6-3-7-16/h1-2,4-5,10,16H,3,6-7,15H2/t10-/m1/s1. The minimum atomic E-state index is -4.38. The number of hydrogen-bond donors (Lipinski definition) is 2. The summed E-state index contributed by atoms with van der Waals surface area (Å²) in [5, 5.41) is 8.61. The van der Waals surface area contributed by atoms with E-state index in [2.05, 4.69) is 0 Å². The van der Waals surface area contributed by atoms with E-state index in [1.54, 1.807) is 0 Å². The lowest BCUT2D eigenvalue weighted by Crippen LogP contribution is -2.17. The predicted octanol–water partition coefficient (Wildman–Crippen LogP) is 2.48. The number of alkyl halides is 3. The van der Waals surface area contributed by atoms with Gasteiger partial charge in [-0.05, 0) is 24.5 Å². The van der Waals surface area contributed by atoms with Crippen LogP contribution in [0.15, 0.2) is 24.3 Å². The molecule has 0 spiro atoms. The van der Waals surface area contributed by atoms with Crippen LogP contribution in [0.2, 0.25) is 0 Å². The molecule has 2 nitrogen and oxygen atoms in total. The first-order valence-corrected chi connectivity index (χ1v) is 4.99. The van der Waals surface area contributed by atoms with Crippen LogP contribution in [-0.4, -0.2) is 11.7 Å². The normalized spacial score (nSPS) is 13.8. The van der Waals surface area contributed by atoms with Crippen LogP contribution in [0.3, 0.4) is 0 Å². The number of benzene rings is 1. The third kappa shape index (κ3) is 3.21. The van der Waals surface area contributed by atoms with Crippen molar-refractivity contribution in [3.63, 3.8) is 0 Å². The van der Waals surface area contributed by atoms with Crippen LogP contribution in [-0.2, 0) is 6.18 Å². The molecule has 1 atom stereocenters. The van der Waals surface area contributed by atoms with Crippen LogP contribution < -0.4 is 5.73 Å². The largest absolute Gasteiger partial charge is 0.416 e. The maximum absolute atomic E-state index is 12.6. The van der Waals surface area contributed by atoms with Crippen molar-refractivity contribution in [3.05, 3.63) is 35.4 Å². The number of halogens is 3. The van der Waals surface area contributed by atoms with Gasteiger partial charge >= 0.3 is 6.18 Å². The molecule has 0 fully saturated rings. The molecule has 0 aromatic heterocycles. The van der Waals surface area contributed by atoms with Crippen LogP contribution in [0, 0.1) is 0 Å². The van der Waals surface area contributed by atoms with Gasteiger partial charge in [0.15, 0.2) is 0 Å². The molecular formula is C11H14F3NO. The maximum atomic E-state index is 12.6. The Morgan fingerprint density at radius 2 is 1.88 bits per heavy atom. The number of nitrogens with two attached hydrogens (primary N) is 1. The van der Waals surface area contributed by atoms with Gasteiger partial charge in [-0.15, -0.1) is 0 Å². The van der Waals surface area contributed by atoms with Crippen molar-refractivity contribution in [2.75, 3.05) is 6.61 Å². The molecule has 0 heterocycles. The van der Waals surface area contributed by atoms with E-state index in [1.807, 2.05) is 0 Å². The minimum Gasteiger partial charge on any atom is -0.396 e. The molecule has 1 aromatic carbocycles. The summed E-state index contributed by atoms with van der Waals surface area (Å²) in [6, 6.07) is 4.58. The SMILES string of the molecule is N[C@H](CCCO)c1ccccc1C(F)(F)F. The monoisotopic (exact) mass is 233 g/mol. The van der Waals surface area contributed by atoms with Gasteiger partial charge in [-0.25, -0.2) is 0 Å². The van der Waals surface area contributed by atoms with Crippen molar-refractivity contribution in [2.24, 2.45) is 5.73 Å². The molecule has 0 radical (unpaired) electrons. The highest BCUT2D eigenvalue weighted by Gasteiger charge is 2.34. The van der Waals surface area contributed by atoms with Crippen LogP contribution in [0.5, 0.6) is 0 Å². The third-order valence-corrected chi connectivity index (χ3v) is 2.34. The fourth-order valence-electron chi connectivity index (χ4n) is 1.55. The molecular weight excluding hydrogens is 219 g/mol. The van der Waals surface area contributed by atoms with E-state index in [1.165, 1.54) is 18.2 Å². The van der Waals surface area contributed by atoms with E-state index in [9.17, 15) is 13.2 Å². The van der Waals surface area contributed by atoms with E-state index < -0.39 is 17.8 Å². The van der Waals surface area contributed by atoms with Gasteiger partial charge in [-0.1, -0.05) is 18.2 Å². The Balaban J connectivity index is 2.94. The lowest BCUT2D eigenvalue weighted by Gasteiger charge is -2.17. The van der Waals surface area contributed by atoms with Gasteiger partial charge in [0.05, 0.1) is 5.56 Å². The van der Waals surface area contributed by atoms with Gasteiger partial charge in [0.25, 0.3) is 0 Å². The Hall–Kier alpha value is -1.07. The predicted molar refractivity (Wildman–Crippen MR) is 54.7 cm³/mol. The van der Waals surface area contributed by atoms with Gasteiger partial charge in [0, 0.05) is 12.6 Å². The van der Waals surface area contributed by atoms with Gasteiger partial charge in [-0.3, -0.25) is 0 Å². The van der Waals surface area contributed by atoms with Gasteiger partial charge in [-0.2, -0.15) is 13.2 Å². The van der Waals surface area contributed by atoms with Crippen molar-refractivity contribution >= 4 is 0 Å². The molecule has 0 aliphatic carbocycles. The van der Waals surface area contributed by atoms with Gasteiger partial charge in [0.1, 0.15) is 0 Å². The zero-order valence-electron chi connectivity index (χ0n) is 8.67. The Morgan fingerprint density at radius 3 is 2.44 bits per heavy atom. The Morgan fingerprint density at radius 1 is 1.25 bits per heavy atom. The molecule has 0 unspecified atom stereocenters. The molecule has 0 saturated heterocycles. The molecule has 1 rings (SSSR count). The van der Waals surface area contributed by atoms with Crippen LogP contribution in [0.4, 0.5) is 13.2 Å². The van der Waals surface area contributed by atoms with E-state index in [4.69, 9.17) is 10.8 Å². The lowest BCUT2D eigenvalue weighted by molar-refractivity contribution is -0.138. The highest BCUT2D eigenvalue weighted by atomic mass is 19.4. The topological polar surface area (TPSA) is 46.2 Å². The highest BCUT2D eigenvalue weighted by Crippen LogP contribution is 2.34. The second-order valence-electron chi connectivity index (χ2n) is 3.56. The lowest BCUT2D eigenvalue weighted by atomic mass is 9.97. The zero-order valence-corrected chi connectivity index (χ0v) is 8.67. The van der Waals surface area contributed by atoms with Crippen molar-refractivity contribution in [1.29, 1.82) is 0 Å². The van der Waals surface area contributed by atoms with Crippen molar-refractivity contribution < 1.29 is 18.3 Å². The fourth-order valence-corrected chi connectivity index (χ4v) is 1.55. The molecule has 0 amide bonds. The summed E-state index contributed by atoms with van der Waals surface area (Å²) in [6.07, 6.45) is -3.65. The van der Waals surface area contributed by atoms with E-state index in [-0.39, 0.29) is 12.2 Å². The van der Waals surface area contributed by atoms with E-state index in [0.29, 0.717) is 12.8 Å². The summed E-state index contributed by atoms with van der Waals surface area (Å²) in [5.74, 6) is 0. The van der Waals surface area contributed by atoms with E-state index >= 15 is 0 Å². The quantitative estimate of drug-likeness (QED) is 0.839. The van der Waals surface area contributed by atoms with Crippen molar-refractivity contribution in [2.45, 2.75) is 25.1 Å². The first kappa shape index (κ1) is 13.0. The average Bonchev–Trinajstić information content (AvgIpc) is 2.24. The second-order valence-corrected chi connectivity index (χ2v) is 3.56. The Bertz CT molecular complexity index is 338. The average molecular weight is 233 g/mol. The number of hydrogen-bond acceptors (Lipinski definition) is 2. The molecule has 3 N–H and O–H groups in total. The zero-order chi connectivity index (χ0) is 12.2.